The Bertz CT molecular complexity index is 1060. The SMILES string of the molecule is C=C(N=C(C)OC)C(C)Nc1ncnc2c(OC)cc(-c3ccc(F)cc3)cc12. The van der Waals surface area contributed by atoms with Crippen LogP contribution in [0.4, 0.5) is 10.2 Å². The molecule has 1 unspecified atom stereocenters. The molecule has 0 saturated carbocycles. The number of aromatic nitrogens is 2. The highest BCUT2D eigenvalue weighted by Gasteiger charge is 2.15. The highest BCUT2D eigenvalue weighted by Crippen LogP contribution is 2.34. The number of nitrogens with zero attached hydrogens (tertiary/aromatic N) is 3. The van der Waals surface area contributed by atoms with E-state index in [1.54, 1.807) is 33.3 Å². The van der Waals surface area contributed by atoms with E-state index < -0.39 is 0 Å². The number of nitrogens with one attached hydrogen (secondary N) is 1. The molecule has 29 heavy (non-hydrogen) atoms. The number of benzene rings is 2. The lowest BCUT2D eigenvalue weighted by Crippen LogP contribution is -2.18. The summed E-state index contributed by atoms with van der Waals surface area (Å²) in [6.45, 7) is 7.69. The van der Waals surface area contributed by atoms with Crippen molar-refractivity contribution in [3.05, 3.63) is 60.8 Å². The summed E-state index contributed by atoms with van der Waals surface area (Å²) in [5, 5.41) is 4.10. The number of rotatable bonds is 6. The molecule has 0 bridgehead atoms. The molecule has 3 rings (SSSR count). The molecule has 1 heterocycles. The Labute approximate surface area is 169 Å². The van der Waals surface area contributed by atoms with Gasteiger partial charge in [-0.25, -0.2) is 19.4 Å². The molecule has 1 atom stereocenters. The summed E-state index contributed by atoms with van der Waals surface area (Å²) in [6.07, 6.45) is 1.48. The molecule has 1 N–H and O–H groups in total. The second-order valence-corrected chi connectivity index (χ2v) is 6.50. The van der Waals surface area contributed by atoms with Crippen molar-refractivity contribution in [2.24, 2.45) is 4.99 Å². The van der Waals surface area contributed by atoms with Crippen LogP contribution in [0.2, 0.25) is 0 Å². The smallest absolute Gasteiger partial charge is 0.184 e. The Morgan fingerprint density at radius 3 is 2.52 bits per heavy atom. The van der Waals surface area contributed by atoms with Crippen molar-refractivity contribution < 1.29 is 13.9 Å². The first-order valence-electron chi connectivity index (χ1n) is 9.06. The molecule has 0 amide bonds. The minimum absolute atomic E-state index is 0.196. The average Bonchev–Trinajstić information content (AvgIpc) is 2.73. The Morgan fingerprint density at radius 1 is 1.14 bits per heavy atom. The van der Waals surface area contributed by atoms with Crippen LogP contribution in [0.1, 0.15) is 13.8 Å². The van der Waals surface area contributed by atoms with E-state index in [2.05, 4.69) is 26.9 Å². The molecule has 7 heteroatoms. The Kier molecular flexibility index (Phi) is 6.07. The highest BCUT2D eigenvalue weighted by atomic mass is 19.1. The van der Waals surface area contributed by atoms with Gasteiger partial charge in [0.05, 0.1) is 26.0 Å². The van der Waals surface area contributed by atoms with Gasteiger partial charge in [-0.3, -0.25) is 0 Å². The molecule has 0 saturated heterocycles. The maximum absolute atomic E-state index is 13.3. The third kappa shape index (κ3) is 4.51. The van der Waals surface area contributed by atoms with E-state index in [4.69, 9.17) is 9.47 Å². The first-order valence-corrected chi connectivity index (χ1v) is 9.06. The fourth-order valence-electron chi connectivity index (χ4n) is 2.85. The molecule has 0 aliphatic carbocycles. The lowest BCUT2D eigenvalue weighted by Gasteiger charge is -2.17. The van der Waals surface area contributed by atoms with Gasteiger partial charge in [0.1, 0.15) is 29.2 Å². The van der Waals surface area contributed by atoms with Crippen molar-refractivity contribution >= 4 is 22.6 Å². The summed E-state index contributed by atoms with van der Waals surface area (Å²) < 4.78 is 23.9. The molecule has 150 valence electrons. The summed E-state index contributed by atoms with van der Waals surface area (Å²) in [5.74, 6) is 1.46. The van der Waals surface area contributed by atoms with Gasteiger partial charge in [-0.2, -0.15) is 0 Å². The second kappa shape index (κ2) is 8.68. The monoisotopic (exact) mass is 394 g/mol. The van der Waals surface area contributed by atoms with E-state index in [1.165, 1.54) is 18.5 Å². The topological polar surface area (TPSA) is 68.6 Å². The summed E-state index contributed by atoms with van der Waals surface area (Å²) in [7, 11) is 3.15. The molecule has 1 aromatic heterocycles. The maximum Gasteiger partial charge on any atom is 0.184 e. The predicted octanol–water partition coefficient (Wildman–Crippen LogP) is 4.82. The van der Waals surface area contributed by atoms with Crippen molar-refractivity contribution in [1.29, 1.82) is 0 Å². The quantitative estimate of drug-likeness (QED) is 0.479. The third-order valence-electron chi connectivity index (χ3n) is 4.55. The van der Waals surface area contributed by atoms with Crippen LogP contribution < -0.4 is 10.1 Å². The fourth-order valence-corrected chi connectivity index (χ4v) is 2.85. The van der Waals surface area contributed by atoms with Crippen molar-refractivity contribution in [1.82, 2.24) is 9.97 Å². The molecule has 0 fully saturated rings. The van der Waals surface area contributed by atoms with Gasteiger partial charge in [0.15, 0.2) is 5.90 Å². The van der Waals surface area contributed by atoms with Crippen LogP contribution in [-0.4, -0.2) is 36.1 Å². The number of fused-ring (bicyclic) bond motifs is 1. The van der Waals surface area contributed by atoms with E-state index in [-0.39, 0.29) is 11.9 Å². The first kappa shape index (κ1) is 20.3. The minimum atomic E-state index is -0.286. The van der Waals surface area contributed by atoms with Crippen LogP contribution >= 0.6 is 0 Å². The molecular formula is C22H23FN4O2. The largest absolute Gasteiger partial charge is 0.494 e. The zero-order valence-electron chi connectivity index (χ0n) is 16.9. The standard InChI is InChI=1S/C22H23FN4O2/c1-13(26-15(3)28-4)14(2)27-22-19-10-17(16-6-8-18(23)9-7-16)11-20(29-5)21(19)24-12-25-22/h6-12,14H,1H2,2-5H3,(H,24,25,27). The van der Waals surface area contributed by atoms with Crippen LogP contribution in [0.25, 0.3) is 22.0 Å². The van der Waals surface area contributed by atoms with Crippen LogP contribution in [0.15, 0.2) is 60.0 Å². The van der Waals surface area contributed by atoms with Gasteiger partial charge >= 0.3 is 0 Å². The number of halogens is 1. The molecule has 2 aromatic carbocycles. The van der Waals surface area contributed by atoms with Crippen LogP contribution in [0.5, 0.6) is 5.75 Å². The number of anilines is 1. The van der Waals surface area contributed by atoms with Gasteiger partial charge in [-0.05, 0) is 42.3 Å². The lowest BCUT2D eigenvalue weighted by molar-refractivity contribution is 0.399. The van der Waals surface area contributed by atoms with Crippen LogP contribution in [-0.2, 0) is 4.74 Å². The molecule has 3 aromatic rings. The normalized spacial score (nSPS) is 12.5. The zero-order chi connectivity index (χ0) is 21.0. The summed E-state index contributed by atoms with van der Waals surface area (Å²) in [4.78, 5) is 13.1. The number of methoxy groups -OCH3 is 2. The number of ether oxygens (including phenoxy) is 2. The van der Waals surface area contributed by atoms with Crippen LogP contribution in [0.3, 0.4) is 0 Å². The highest BCUT2D eigenvalue weighted by molar-refractivity contribution is 5.96. The molecule has 6 nitrogen and oxygen atoms in total. The lowest BCUT2D eigenvalue weighted by atomic mass is 10.0. The Balaban J connectivity index is 2.05. The average molecular weight is 394 g/mol. The Hall–Kier alpha value is -3.48. The molecule has 0 aliphatic heterocycles. The van der Waals surface area contributed by atoms with E-state index in [0.29, 0.717) is 28.7 Å². The van der Waals surface area contributed by atoms with E-state index in [1.807, 2.05) is 19.1 Å². The fraction of sp³-hybridized carbons (Fsp3) is 0.227. The first-order chi connectivity index (χ1) is 13.9. The van der Waals surface area contributed by atoms with E-state index in [0.717, 1.165) is 16.5 Å². The third-order valence-corrected chi connectivity index (χ3v) is 4.55. The maximum atomic E-state index is 13.3. The number of aliphatic imine (C=N–C) groups is 1. The van der Waals surface area contributed by atoms with E-state index >= 15 is 0 Å². The van der Waals surface area contributed by atoms with Gasteiger partial charge in [-0.1, -0.05) is 18.7 Å². The molecule has 0 radical (unpaired) electrons. The molecule has 0 aliphatic rings. The van der Waals surface area contributed by atoms with Crippen LogP contribution in [0, 0.1) is 5.82 Å². The van der Waals surface area contributed by atoms with Gasteiger partial charge in [0.25, 0.3) is 0 Å². The summed E-state index contributed by atoms with van der Waals surface area (Å²) >= 11 is 0. The number of hydrogen-bond donors (Lipinski definition) is 1. The minimum Gasteiger partial charge on any atom is -0.494 e. The number of hydrogen-bond acceptors (Lipinski definition) is 6. The van der Waals surface area contributed by atoms with Gasteiger partial charge in [0, 0.05) is 12.3 Å². The van der Waals surface area contributed by atoms with Crippen molar-refractivity contribution in [3.63, 3.8) is 0 Å². The second-order valence-electron chi connectivity index (χ2n) is 6.50. The predicted molar refractivity (Wildman–Crippen MR) is 114 cm³/mol. The zero-order valence-corrected chi connectivity index (χ0v) is 16.9. The summed E-state index contributed by atoms with van der Waals surface area (Å²) in [5.41, 5.74) is 3.01. The van der Waals surface area contributed by atoms with Gasteiger partial charge < -0.3 is 14.8 Å². The Morgan fingerprint density at radius 2 is 1.86 bits per heavy atom. The van der Waals surface area contributed by atoms with Gasteiger partial charge in [-0.15, -0.1) is 0 Å². The van der Waals surface area contributed by atoms with Crippen molar-refractivity contribution in [2.75, 3.05) is 19.5 Å². The summed E-state index contributed by atoms with van der Waals surface area (Å²) in [6, 6.07) is 9.93. The van der Waals surface area contributed by atoms with E-state index in [9.17, 15) is 4.39 Å². The molecule has 0 spiro atoms. The molecular weight excluding hydrogens is 371 g/mol. The van der Waals surface area contributed by atoms with Crippen molar-refractivity contribution in [3.8, 4) is 16.9 Å². The van der Waals surface area contributed by atoms with Gasteiger partial charge in [0.2, 0.25) is 0 Å². The van der Waals surface area contributed by atoms with Crippen molar-refractivity contribution in [2.45, 2.75) is 19.9 Å².